The maximum absolute atomic E-state index is 14.0. The summed E-state index contributed by atoms with van der Waals surface area (Å²) in [5.41, 5.74) is 2.93. The van der Waals surface area contributed by atoms with Crippen LogP contribution in [0.3, 0.4) is 0 Å². The van der Waals surface area contributed by atoms with Gasteiger partial charge in [0.05, 0.1) is 6.54 Å². The number of piperidine rings is 1. The summed E-state index contributed by atoms with van der Waals surface area (Å²) in [6.45, 7) is 9.86. The molecule has 3 rings (SSSR count). The lowest BCUT2D eigenvalue weighted by Gasteiger charge is -2.37. The Balaban J connectivity index is 2.03. The van der Waals surface area contributed by atoms with Crippen molar-refractivity contribution in [3.05, 3.63) is 71.5 Å². The number of rotatable bonds is 9. The normalized spacial score (nSPS) is 20.0. The molecule has 1 saturated carbocycles. The number of aryl methyl sites for hydroxylation is 1. The highest BCUT2D eigenvalue weighted by molar-refractivity contribution is 5.91. The van der Waals surface area contributed by atoms with Gasteiger partial charge in [-0.05, 0) is 56.9 Å². The summed E-state index contributed by atoms with van der Waals surface area (Å²) in [5, 5.41) is 3.23. The molecule has 0 bridgehead atoms. The van der Waals surface area contributed by atoms with Crippen LogP contribution in [0.4, 0.5) is 8.78 Å². The van der Waals surface area contributed by atoms with Crippen molar-refractivity contribution in [2.24, 2.45) is 0 Å². The van der Waals surface area contributed by atoms with Crippen molar-refractivity contribution in [3.8, 4) is 0 Å². The second-order valence-electron chi connectivity index (χ2n) is 10.4. The van der Waals surface area contributed by atoms with Crippen LogP contribution in [0.25, 0.3) is 0 Å². The summed E-state index contributed by atoms with van der Waals surface area (Å²) >= 11 is 0. The van der Waals surface area contributed by atoms with Gasteiger partial charge in [-0.15, -0.1) is 0 Å². The quantitative estimate of drug-likeness (QED) is 0.407. The second kappa shape index (κ2) is 13.1. The van der Waals surface area contributed by atoms with E-state index in [1.807, 2.05) is 51.1 Å². The van der Waals surface area contributed by atoms with Gasteiger partial charge >= 0.3 is 0 Å². The Bertz CT molecular complexity index is 1020. The summed E-state index contributed by atoms with van der Waals surface area (Å²) in [6, 6.07) is 6.77. The van der Waals surface area contributed by atoms with Crippen molar-refractivity contribution in [1.82, 2.24) is 15.1 Å². The van der Waals surface area contributed by atoms with Crippen LogP contribution in [0.2, 0.25) is 0 Å². The van der Waals surface area contributed by atoms with Gasteiger partial charge in [-0.1, -0.05) is 61.8 Å². The van der Waals surface area contributed by atoms with Crippen LogP contribution in [-0.4, -0.2) is 53.2 Å². The van der Waals surface area contributed by atoms with Crippen LogP contribution in [-0.2, 0) is 9.59 Å². The largest absolute Gasteiger partial charge is 0.351 e. The van der Waals surface area contributed by atoms with Gasteiger partial charge in [-0.2, -0.15) is 0 Å². The number of hydrogen-bond donors (Lipinski definition) is 1. The predicted molar refractivity (Wildman–Crippen MR) is 144 cm³/mol. The Morgan fingerprint density at radius 2 is 1.84 bits per heavy atom. The Labute approximate surface area is 220 Å². The number of alkyl halides is 2. The lowest BCUT2D eigenvalue weighted by molar-refractivity contribution is -0.140. The number of carbonyl (C=O) groups is 2. The summed E-state index contributed by atoms with van der Waals surface area (Å²) in [6.07, 6.45) is 10.0. The van der Waals surface area contributed by atoms with Gasteiger partial charge in [0.15, 0.2) is 0 Å². The van der Waals surface area contributed by atoms with Gasteiger partial charge in [0.2, 0.25) is 11.8 Å². The first-order chi connectivity index (χ1) is 17.6. The first-order valence-electron chi connectivity index (χ1n) is 13.4. The molecule has 1 N–H and O–H groups in total. The number of halogens is 2. The van der Waals surface area contributed by atoms with E-state index in [0.29, 0.717) is 5.70 Å². The average molecular weight is 514 g/mol. The number of amides is 2. The fourth-order valence-electron chi connectivity index (χ4n) is 5.18. The molecule has 2 amide bonds. The molecule has 5 nitrogen and oxygen atoms in total. The van der Waals surface area contributed by atoms with Crippen LogP contribution >= 0.6 is 0 Å². The van der Waals surface area contributed by atoms with Crippen LogP contribution in [0.15, 0.2) is 60.3 Å². The van der Waals surface area contributed by atoms with E-state index in [1.165, 1.54) is 6.42 Å². The first kappa shape index (κ1) is 28.8. The molecule has 2 fully saturated rings. The van der Waals surface area contributed by atoms with E-state index < -0.39 is 12.0 Å². The van der Waals surface area contributed by atoms with Gasteiger partial charge in [0, 0.05) is 37.7 Å². The SMILES string of the molecule is C=C(C)C=C(C=CC)N(C(=O)CN1CCC(F)(F)CC1)C(C(=O)NC1CCCCC1)c1ccccc1C. The molecule has 1 heterocycles. The van der Waals surface area contributed by atoms with Crippen molar-refractivity contribution >= 4 is 11.8 Å². The average Bonchev–Trinajstić information content (AvgIpc) is 2.84. The summed E-state index contributed by atoms with van der Waals surface area (Å²) < 4.78 is 27.5. The van der Waals surface area contributed by atoms with Gasteiger partial charge in [-0.3, -0.25) is 19.4 Å². The molecule has 1 aromatic rings. The van der Waals surface area contributed by atoms with Gasteiger partial charge < -0.3 is 5.32 Å². The minimum absolute atomic E-state index is 0.0414. The number of likely N-dealkylation sites (tertiary alicyclic amines) is 1. The van der Waals surface area contributed by atoms with E-state index in [2.05, 4.69) is 11.9 Å². The summed E-state index contributed by atoms with van der Waals surface area (Å²) in [4.78, 5) is 31.3. The Hall–Kier alpha value is -2.80. The van der Waals surface area contributed by atoms with Crippen molar-refractivity contribution in [1.29, 1.82) is 0 Å². The molecule has 2 aliphatic rings. The highest BCUT2D eigenvalue weighted by Gasteiger charge is 2.38. The van der Waals surface area contributed by atoms with Gasteiger partial charge in [-0.25, -0.2) is 8.78 Å². The zero-order valence-electron chi connectivity index (χ0n) is 22.4. The molecule has 1 aliphatic carbocycles. The molecule has 0 aromatic heterocycles. The molecular formula is C30H41F2N3O2. The van der Waals surface area contributed by atoms with Crippen LogP contribution in [0.5, 0.6) is 0 Å². The van der Waals surface area contributed by atoms with E-state index in [1.54, 1.807) is 22.0 Å². The van der Waals surface area contributed by atoms with E-state index in [0.717, 1.165) is 42.4 Å². The fraction of sp³-hybridized carbons (Fsp3) is 0.533. The summed E-state index contributed by atoms with van der Waals surface area (Å²) in [7, 11) is 0. The standard InChI is InChI=1S/C30H41F2N3O2/c1-5-11-25(20-22(2)3)35(27(36)21-34-18-16-30(31,32)17-19-34)28(26-15-10-9-12-23(26)4)29(37)33-24-13-7-6-8-14-24/h5,9-12,15,20,24,28H,2,6-8,13-14,16-19,21H2,1,3-4H3,(H,33,37). The number of allylic oxidation sites excluding steroid dienone is 4. The number of nitrogens with one attached hydrogen (secondary N) is 1. The maximum Gasteiger partial charge on any atom is 0.250 e. The zero-order valence-corrected chi connectivity index (χ0v) is 22.4. The van der Waals surface area contributed by atoms with Crippen LogP contribution in [0.1, 0.15) is 76.0 Å². The van der Waals surface area contributed by atoms with Crippen molar-refractivity contribution in [3.63, 3.8) is 0 Å². The minimum Gasteiger partial charge on any atom is -0.351 e. The molecule has 7 heteroatoms. The van der Waals surface area contributed by atoms with Crippen LogP contribution in [0, 0.1) is 6.92 Å². The molecule has 0 spiro atoms. The molecular weight excluding hydrogens is 472 g/mol. The zero-order chi connectivity index (χ0) is 27.0. The van der Waals surface area contributed by atoms with E-state index >= 15 is 0 Å². The molecule has 1 aliphatic heterocycles. The molecule has 1 atom stereocenters. The Morgan fingerprint density at radius 1 is 1.19 bits per heavy atom. The topological polar surface area (TPSA) is 52.7 Å². The van der Waals surface area contributed by atoms with Crippen LogP contribution < -0.4 is 5.32 Å². The fourth-order valence-corrected chi connectivity index (χ4v) is 5.18. The van der Waals surface area contributed by atoms with Gasteiger partial charge in [0.25, 0.3) is 5.92 Å². The molecule has 1 aromatic carbocycles. The monoisotopic (exact) mass is 513 g/mol. The predicted octanol–water partition coefficient (Wildman–Crippen LogP) is 6.08. The van der Waals surface area contributed by atoms with Gasteiger partial charge in [0.1, 0.15) is 6.04 Å². The van der Waals surface area contributed by atoms with E-state index in [-0.39, 0.29) is 50.3 Å². The Morgan fingerprint density at radius 3 is 2.43 bits per heavy atom. The number of nitrogens with zero attached hydrogens (tertiary/aromatic N) is 2. The highest BCUT2D eigenvalue weighted by Crippen LogP contribution is 2.32. The maximum atomic E-state index is 14.0. The lowest BCUT2D eigenvalue weighted by Crippen LogP contribution is -2.50. The lowest BCUT2D eigenvalue weighted by atomic mass is 9.93. The second-order valence-corrected chi connectivity index (χ2v) is 10.4. The third-order valence-corrected chi connectivity index (χ3v) is 7.17. The highest BCUT2D eigenvalue weighted by atomic mass is 19.3. The minimum atomic E-state index is -2.70. The third kappa shape index (κ3) is 8.09. The molecule has 1 unspecified atom stereocenters. The molecule has 0 radical (unpaired) electrons. The number of benzene rings is 1. The van der Waals surface area contributed by atoms with Crippen molar-refractivity contribution < 1.29 is 18.4 Å². The van der Waals surface area contributed by atoms with Crippen molar-refractivity contribution in [2.75, 3.05) is 19.6 Å². The number of hydrogen-bond acceptors (Lipinski definition) is 3. The summed E-state index contributed by atoms with van der Waals surface area (Å²) in [5.74, 6) is -3.22. The number of carbonyl (C=O) groups excluding carboxylic acids is 2. The van der Waals surface area contributed by atoms with E-state index in [9.17, 15) is 18.4 Å². The molecule has 202 valence electrons. The van der Waals surface area contributed by atoms with Crippen molar-refractivity contribution in [2.45, 2.75) is 83.7 Å². The van der Waals surface area contributed by atoms with E-state index in [4.69, 9.17) is 0 Å². The first-order valence-corrected chi connectivity index (χ1v) is 13.4. The molecule has 37 heavy (non-hydrogen) atoms. The molecule has 1 saturated heterocycles. The Kier molecular flexibility index (Phi) is 10.2. The smallest absolute Gasteiger partial charge is 0.250 e. The third-order valence-electron chi connectivity index (χ3n) is 7.17.